The Bertz CT molecular complexity index is 175. The summed E-state index contributed by atoms with van der Waals surface area (Å²) in [5.41, 5.74) is 1.02. The van der Waals surface area contributed by atoms with Crippen molar-refractivity contribution in [3.63, 3.8) is 0 Å². The molecule has 0 aliphatic carbocycles. The molecule has 1 heterocycles. The molecule has 0 aromatic carbocycles. The molecule has 1 aliphatic rings. The Balaban J connectivity index is 2.47. The van der Waals surface area contributed by atoms with Crippen molar-refractivity contribution >= 4 is 47.3 Å². The molecule has 0 spiro atoms. The molecule has 1 saturated heterocycles. The predicted octanol–water partition coefficient (Wildman–Crippen LogP) is 4.83. The smallest absolute Gasteiger partial charge is 0.167 e. The van der Waals surface area contributed by atoms with Crippen molar-refractivity contribution in [3.8, 4) is 0 Å². The van der Waals surface area contributed by atoms with Crippen LogP contribution in [0.25, 0.3) is 0 Å². The van der Waals surface area contributed by atoms with Gasteiger partial charge in [0, 0.05) is 0 Å². The second-order valence-electron chi connectivity index (χ2n) is 4.14. The van der Waals surface area contributed by atoms with Gasteiger partial charge in [-0.05, 0) is 23.8 Å². The molecule has 0 saturated carbocycles. The molecule has 5 heteroatoms. The average Bonchev–Trinajstić information content (AvgIpc) is 1.98. The zero-order valence-electron chi connectivity index (χ0n) is 8.08. The van der Waals surface area contributed by atoms with Crippen molar-refractivity contribution in [2.45, 2.75) is 50.0 Å². The third kappa shape index (κ3) is 4.12. The number of hydrogen-bond acceptors (Lipinski definition) is 0. The van der Waals surface area contributed by atoms with Crippen LogP contribution < -0.4 is 0 Å². The quantitative estimate of drug-likeness (QED) is 0.511. The molecule has 1 unspecified atom stereocenters. The predicted molar refractivity (Wildman–Crippen MR) is 67.8 cm³/mol. The minimum Gasteiger partial charge on any atom is -0.167 e. The highest BCUT2D eigenvalue weighted by Gasteiger charge is 2.45. The van der Waals surface area contributed by atoms with E-state index in [1.807, 2.05) is 0 Å². The van der Waals surface area contributed by atoms with Gasteiger partial charge in [0.2, 0.25) is 6.69 Å². The second-order valence-corrected chi connectivity index (χ2v) is 18.4. The fourth-order valence-corrected chi connectivity index (χ4v) is 20.4. The summed E-state index contributed by atoms with van der Waals surface area (Å²) < 4.78 is 0. The van der Waals surface area contributed by atoms with Crippen molar-refractivity contribution in [2.24, 2.45) is 0 Å². The monoisotopic (exact) mass is 274 g/mol. The normalized spacial score (nSPS) is 33.2. The van der Waals surface area contributed by atoms with E-state index in [0.717, 1.165) is 11.7 Å². The maximum Gasteiger partial charge on any atom is 0.250 e. The molecule has 0 nitrogen and oxygen atoms in total. The van der Waals surface area contributed by atoms with Crippen molar-refractivity contribution in [3.05, 3.63) is 0 Å². The first kappa shape index (κ1) is 12.4. The van der Waals surface area contributed by atoms with Crippen molar-refractivity contribution in [2.75, 3.05) is 0 Å². The molecule has 0 aromatic heterocycles. The van der Waals surface area contributed by atoms with Crippen LogP contribution in [-0.2, 0) is 0 Å². The minimum atomic E-state index is -1.90. The van der Waals surface area contributed by atoms with E-state index in [9.17, 15) is 0 Å². The van der Waals surface area contributed by atoms with Gasteiger partial charge in [-0.25, -0.2) is 0 Å². The van der Waals surface area contributed by atoms with Gasteiger partial charge >= 0.3 is 0 Å². The average molecular weight is 276 g/mol. The molecular weight excluding hydrogens is 259 g/mol. The summed E-state index contributed by atoms with van der Waals surface area (Å²) >= 11 is 19.2. The minimum absolute atomic E-state index is 1.02. The number of hydrogen-bond donors (Lipinski definition) is 0. The highest BCUT2D eigenvalue weighted by atomic mass is 35.7. The SMILES string of the molecule is CCCC[Si]1(Cl)CCC[Si](Cl)(Cl)C1. The highest BCUT2D eigenvalue weighted by molar-refractivity contribution is 7.50. The zero-order valence-corrected chi connectivity index (χ0v) is 12.4. The summed E-state index contributed by atoms with van der Waals surface area (Å²) in [6, 6.07) is 3.52. The fraction of sp³-hybridized carbons (Fsp3) is 1.00. The summed E-state index contributed by atoms with van der Waals surface area (Å²) in [7, 11) is -1.52. The number of unbranched alkanes of at least 4 members (excludes halogenated alkanes) is 1. The Labute approximate surface area is 97.1 Å². The first-order chi connectivity index (χ1) is 5.97. The molecule has 1 atom stereocenters. The van der Waals surface area contributed by atoms with Crippen LogP contribution in [0, 0.1) is 0 Å². The van der Waals surface area contributed by atoms with E-state index in [-0.39, 0.29) is 0 Å². The Morgan fingerprint density at radius 3 is 2.38 bits per heavy atom. The van der Waals surface area contributed by atoms with Gasteiger partial charge in [-0.15, -0.1) is 22.2 Å². The van der Waals surface area contributed by atoms with Crippen LogP contribution in [0.15, 0.2) is 0 Å². The van der Waals surface area contributed by atoms with E-state index in [1.54, 1.807) is 0 Å². The summed E-state index contributed by atoms with van der Waals surface area (Å²) in [6.45, 7) is 0.310. The number of rotatable bonds is 3. The fourth-order valence-electron chi connectivity index (χ4n) is 2.01. The third-order valence-electron chi connectivity index (χ3n) is 2.72. The van der Waals surface area contributed by atoms with E-state index in [1.165, 1.54) is 31.4 Å². The Morgan fingerprint density at radius 1 is 1.15 bits per heavy atom. The molecule has 0 amide bonds. The molecule has 13 heavy (non-hydrogen) atoms. The van der Waals surface area contributed by atoms with Crippen molar-refractivity contribution in [1.82, 2.24) is 0 Å². The van der Waals surface area contributed by atoms with E-state index in [2.05, 4.69) is 6.92 Å². The zero-order chi connectivity index (χ0) is 9.95. The van der Waals surface area contributed by atoms with Crippen molar-refractivity contribution < 1.29 is 0 Å². The van der Waals surface area contributed by atoms with Gasteiger partial charge in [0.1, 0.15) is 0 Å². The van der Waals surface area contributed by atoms with Gasteiger partial charge in [0.05, 0.1) is 0 Å². The largest absolute Gasteiger partial charge is 0.250 e. The van der Waals surface area contributed by atoms with Crippen LogP contribution in [0.4, 0.5) is 0 Å². The lowest BCUT2D eigenvalue weighted by Crippen LogP contribution is -2.41. The standard InChI is InChI=1S/C8H17Cl3Si2/c1-2-3-5-12(9)6-4-7-13(10,11)8-12/h2-8H2,1H3. The topological polar surface area (TPSA) is 0 Å². The molecule has 0 N–H and O–H groups in total. The molecule has 0 radical (unpaired) electrons. The highest BCUT2D eigenvalue weighted by Crippen LogP contribution is 2.44. The molecular formula is C8H17Cl3Si2. The lowest BCUT2D eigenvalue weighted by atomic mass is 10.4. The maximum atomic E-state index is 6.64. The molecule has 78 valence electrons. The van der Waals surface area contributed by atoms with Crippen LogP contribution in [0.2, 0.25) is 23.8 Å². The third-order valence-corrected chi connectivity index (χ3v) is 16.8. The van der Waals surface area contributed by atoms with E-state index in [4.69, 9.17) is 33.2 Å². The van der Waals surface area contributed by atoms with Gasteiger partial charge in [-0.3, -0.25) is 0 Å². The molecule has 0 aromatic rings. The van der Waals surface area contributed by atoms with Gasteiger partial charge < -0.3 is 0 Å². The van der Waals surface area contributed by atoms with Gasteiger partial charge in [-0.1, -0.05) is 26.2 Å². The van der Waals surface area contributed by atoms with Crippen molar-refractivity contribution in [1.29, 1.82) is 0 Å². The van der Waals surface area contributed by atoms with Crippen LogP contribution in [0.1, 0.15) is 26.2 Å². The summed E-state index contributed by atoms with van der Waals surface area (Å²) in [4.78, 5) is 0. The Kier molecular flexibility index (Phi) is 4.65. The summed E-state index contributed by atoms with van der Waals surface area (Å²) in [5, 5.41) is 0. The van der Waals surface area contributed by atoms with Crippen LogP contribution in [0.5, 0.6) is 0 Å². The van der Waals surface area contributed by atoms with Crippen LogP contribution in [-0.4, -0.2) is 14.1 Å². The molecule has 1 aliphatic heterocycles. The first-order valence-corrected chi connectivity index (χ1v) is 13.1. The van der Waals surface area contributed by atoms with Gasteiger partial charge in [-0.2, -0.15) is 11.1 Å². The number of halogens is 3. The lowest BCUT2D eigenvalue weighted by Gasteiger charge is -2.34. The Hall–Kier alpha value is 1.30. The van der Waals surface area contributed by atoms with E-state index in [0.29, 0.717) is 0 Å². The lowest BCUT2D eigenvalue weighted by molar-refractivity contribution is 0.857. The molecule has 0 bridgehead atoms. The Morgan fingerprint density at radius 2 is 1.85 bits per heavy atom. The van der Waals surface area contributed by atoms with Crippen LogP contribution >= 0.6 is 33.2 Å². The molecule has 1 fully saturated rings. The maximum absolute atomic E-state index is 6.64. The van der Waals surface area contributed by atoms with Crippen LogP contribution in [0.3, 0.4) is 0 Å². The molecule has 1 rings (SSSR count). The summed E-state index contributed by atoms with van der Waals surface area (Å²) in [5.74, 6) is 0. The van der Waals surface area contributed by atoms with Gasteiger partial charge in [0.15, 0.2) is 7.38 Å². The van der Waals surface area contributed by atoms with E-state index >= 15 is 0 Å². The summed E-state index contributed by atoms with van der Waals surface area (Å²) in [6.07, 6.45) is 3.67. The van der Waals surface area contributed by atoms with Gasteiger partial charge in [0.25, 0.3) is 0 Å². The van der Waals surface area contributed by atoms with E-state index < -0.39 is 14.1 Å². The first-order valence-electron chi connectivity index (χ1n) is 5.04. The second kappa shape index (κ2) is 4.89.